The third kappa shape index (κ3) is 3.33. The minimum absolute atomic E-state index is 0.0925. The first-order chi connectivity index (χ1) is 11.4. The van der Waals surface area contributed by atoms with Crippen LogP contribution >= 0.6 is 11.3 Å². The number of hydrogen-bond donors (Lipinski definition) is 1. The Morgan fingerprint density at radius 1 is 1.00 bits per heavy atom. The van der Waals surface area contributed by atoms with Gasteiger partial charge in [0.25, 0.3) is 0 Å². The molecule has 0 aliphatic heterocycles. The molecule has 7 heteroatoms. The molecule has 3 rings (SSSR count). The lowest BCUT2D eigenvalue weighted by atomic mass is 10.1. The Morgan fingerprint density at radius 2 is 1.58 bits per heavy atom. The van der Waals surface area contributed by atoms with Gasteiger partial charge in [0.2, 0.25) is 10.0 Å². The summed E-state index contributed by atoms with van der Waals surface area (Å²) < 4.78 is 27.8. The van der Waals surface area contributed by atoms with Crippen molar-refractivity contribution in [2.75, 3.05) is 7.11 Å². The molecule has 5 nitrogen and oxygen atoms in total. The van der Waals surface area contributed by atoms with Gasteiger partial charge in [-0.1, -0.05) is 12.1 Å². The lowest BCUT2D eigenvalue weighted by Crippen LogP contribution is -2.11. The van der Waals surface area contributed by atoms with Crippen molar-refractivity contribution < 1.29 is 13.2 Å². The zero-order valence-electron chi connectivity index (χ0n) is 13.2. The van der Waals surface area contributed by atoms with E-state index in [0.717, 1.165) is 32.5 Å². The second-order valence-corrected chi connectivity index (χ2v) is 7.99. The quantitative estimate of drug-likeness (QED) is 0.772. The Morgan fingerprint density at radius 3 is 2.12 bits per heavy atom. The molecule has 1 aromatic heterocycles. The second kappa shape index (κ2) is 6.35. The van der Waals surface area contributed by atoms with Crippen molar-refractivity contribution in [3.63, 3.8) is 0 Å². The topological polar surface area (TPSA) is 82.3 Å². The molecule has 1 heterocycles. The number of thiazole rings is 1. The number of nitrogens with two attached hydrogens (primary N) is 1. The summed E-state index contributed by atoms with van der Waals surface area (Å²) in [6, 6.07) is 14.2. The largest absolute Gasteiger partial charge is 0.497 e. The number of methoxy groups -OCH3 is 1. The van der Waals surface area contributed by atoms with Crippen molar-refractivity contribution in [3.05, 3.63) is 53.4 Å². The van der Waals surface area contributed by atoms with Crippen LogP contribution in [0, 0.1) is 6.92 Å². The smallest absolute Gasteiger partial charge is 0.238 e. The third-order valence-corrected chi connectivity index (χ3v) is 5.54. The lowest BCUT2D eigenvalue weighted by molar-refractivity contribution is 0.415. The van der Waals surface area contributed by atoms with Crippen LogP contribution in [0.5, 0.6) is 5.75 Å². The standard InChI is InChI=1S/C17H16N2O3S2/c1-11-16(12-3-7-14(22-2)8-4-12)19-17(23-11)13-5-9-15(10-6-13)24(18,20)21/h3-10H,1-2H3,(H2,18,20,21). The maximum atomic E-state index is 11.3. The highest BCUT2D eigenvalue weighted by atomic mass is 32.2. The summed E-state index contributed by atoms with van der Waals surface area (Å²) >= 11 is 1.56. The van der Waals surface area contributed by atoms with Gasteiger partial charge in [0.1, 0.15) is 10.8 Å². The van der Waals surface area contributed by atoms with Crippen molar-refractivity contribution in [2.24, 2.45) is 5.14 Å². The second-order valence-electron chi connectivity index (χ2n) is 5.22. The molecule has 0 radical (unpaired) electrons. The zero-order chi connectivity index (χ0) is 17.3. The van der Waals surface area contributed by atoms with Gasteiger partial charge in [0.15, 0.2) is 0 Å². The molecule has 0 fully saturated rings. The molecule has 24 heavy (non-hydrogen) atoms. The first kappa shape index (κ1) is 16.6. The number of primary sulfonamides is 1. The van der Waals surface area contributed by atoms with E-state index in [4.69, 9.17) is 14.9 Å². The van der Waals surface area contributed by atoms with Gasteiger partial charge in [-0.25, -0.2) is 18.5 Å². The van der Waals surface area contributed by atoms with Crippen LogP contribution < -0.4 is 9.88 Å². The van der Waals surface area contributed by atoms with E-state index < -0.39 is 10.0 Å². The average Bonchev–Trinajstić information content (AvgIpc) is 2.96. The van der Waals surface area contributed by atoms with E-state index in [9.17, 15) is 8.42 Å². The molecule has 0 aliphatic rings. The molecule has 2 aromatic carbocycles. The van der Waals surface area contributed by atoms with Crippen molar-refractivity contribution in [2.45, 2.75) is 11.8 Å². The van der Waals surface area contributed by atoms with E-state index in [2.05, 4.69) is 0 Å². The molecule has 0 saturated heterocycles. The number of ether oxygens (including phenoxy) is 1. The van der Waals surface area contributed by atoms with Crippen LogP contribution in [0.4, 0.5) is 0 Å². The first-order valence-electron chi connectivity index (χ1n) is 7.13. The van der Waals surface area contributed by atoms with Gasteiger partial charge in [-0.05, 0) is 43.3 Å². The molecule has 0 unspecified atom stereocenters. The van der Waals surface area contributed by atoms with E-state index in [1.807, 2.05) is 31.2 Å². The van der Waals surface area contributed by atoms with Crippen molar-refractivity contribution >= 4 is 21.4 Å². The Bertz CT molecular complexity index is 960. The summed E-state index contributed by atoms with van der Waals surface area (Å²) in [6.45, 7) is 2.01. The fourth-order valence-corrected chi connectivity index (χ4v) is 3.78. The van der Waals surface area contributed by atoms with Gasteiger partial charge in [-0.15, -0.1) is 11.3 Å². The molecule has 0 amide bonds. The summed E-state index contributed by atoms with van der Waals surface area (Å²) in [4.78, 5) is 5.88. The molecule has 3 aromatic rings. The Kier molecular flexibility index (Phi) is 4.40. The number of sulfonamides is 1. The average molecular weight is 360 g/mol. The van der Waals surface area contributed by atoms with Gasteiger partial charge in [-0.3, -0.25) is 0 Å². The zero-order valence-corrected chi connectivity index (χ0v) is 14.8. The van der Waals surface area contributed by atoms with E-state index in [1.165, 1.54) is 12.1 Å². The van der Waals surface area contributed by atoms with Gasteiger partial charge in [0, 0.05) is 16.0 Å². The summed E-state index contributed by atoms with van der Waals surface area (Å²) in [5.74, 6) is 0.797. The fraction of sp³-hybridized carbons (Fsp3) is 0.118. The number of aryl methyl sites for hydroxylation is 1. The predicted octanol–water partition coefficient (Wildman–Crippen LogP) is 3.44. The van der Waals surface area contributed by atoms with Crippen LogP contribution in [0.2, 0.25) is 0 Å². The maximum absolute atomic E-state index is 11.3. The SMILES string of the molecule is COc1ccc(-c2nc(-c3ccc(S(N)(=O)=O)cc3)sc2C)cc1. The molecule has 0 saturated carbocycles. The molecule has 124 valence electrons. The maximum Gasteiger partial charge on any atom is 0.238 e. The molecule has 0 aliphatic carbocycles. The van der Waals surface area contributed by atoms with E-state index in [1.54, 1.807) is 30.6 Å². The summed E-state index contributed by atoms with van der Waals surface area (Å²) in [5.41, 5.74) is 2.78. The van der Waals surface area contributed by atoms with Gasteiger partial charge in [0.05, 0.1) is 17.7 Å². The van der Waals surface area contributed by atoms with Crippen molar-refractivity contribution in [3.8, 4) is 27.6 Å². The normalized spacial score (nSPS) is 11.5. The third-order valence-electron chi connectivity index (χ3n) is 3.59. The molecular formula is C17H16N2O3S2. The highest BCUT2D eigenvalue weighted by molar-refractivity contribution is 7.89. The van der Waals surface area contributed by atoms with Crippen molar-refractivity contribution in [1.29, 1.82) is 0 Å². The Hall–Kier alpha value is -2.22. The number of rotatable bonds is 4. The number of aromatic nitrogens is 1. The van der Waals surface area contributed by atoms with Crippen LogP contribution in [-0.2, 0) is 10.0 Å². The van der Waals surface area contributed by atoms with Gasteiger partial charge in [-0.2, -0.15) is 0 Å². The fourth-order valence-electron chi connectivity index (χ4n) is 2.32. The summed E-state index contributed by atoms with van der Waals surface area (Å²) in [7, 11) is -2.05. The van der Waals surface area contributed by atoms with E-state index >= 15 is 0 Å². The number of benzene rings is 2. The van der Waals surface area contributed by atoms with Gasteiger partial charge >= 0.3 is 0 Å². The Balaban J connectivity index is 1.96. The Labute approximate surface area is 144 Å². The molecule has 2 N–H and O–H groups in total. The monoisotopic (exact) mass is 360 g/mol. The van der Waals surface area contributed by atoms with Crippen molar-refractivity contribution in [1.82, 2.24) is 4.98 Å². The van der Waals surface area contributed by atoms with Crippen LogP contribution in [0.3, 0.4) is 0 Å². The highest BCUT2D eigenvalue weighted by Gasteiger charge is 2.13. The lowest BCUT2D eigenvalue weighted by Gasteiger charge is -2.02. The van der Waals surface area contributed by atoms with Crippen LogP contribution in [0.25, 0.3) is 21.8 Å². The summed E-state index contributed by atoms with van der Waals surface area (Å²) in [5, 5.41) is 5.96. The summed E-state index contributed by atoms with van der Waals surface area (Å²) in [6.07, 6.45) is 0. The first-order valence-corrected chi connectivity index (χ1v) is 9.50. The molecular weight excluding hydrogens is 344 g/mol. The highest BCUT2D eigenvalue weighted by Crippen LogP contribution is 2.34. The molecule has 0 bridgehead atoms. The van der Waals surface area contributed by atoms with E-state index in [0.29, 0.717) is 0 Å². The minimum Gasteiger partial charge on any atom is -0.497 e. The predicted molar refractivity (Wildman–Crippen MR) is 95.6 cm³/mol. The van der Waals surface area contributed by atoms with Gasteiger partial charge < -0.3 is 4.74 Å². The molecule has 0 atom stereocenters. The van der Waals surface area contributed by atoms with Crippen LogP contribution in [-0.4, -0.2) is 20.5 Å². The molecule has 0 spiro atoms. The minimum atomic E-state index is -3.68. The van der Waals surface area contributed by atoms with Crippen LogP contribution in [0.15, 0.2) is 53.4 Å². The van der Waals surface area contributed by atoms with Crippen LogP contribution in [0.1, 0.15) is 4.88 Å². The number of hydrogen-bond acceptors (Lipinski definition) is 5. The number of nitrogens with zero attached hydrogens (tertiary/aromatic N) is 1. The van der Waals surface area contributed by atoms with E-state index in [-0.39, 0.29) is 4.90 Å².